The number of fused-ring (bicyclic) bond motifs is 1. The Morgan fingerprint density at radius 1 is 1.14 bits per heavy atom. The van der Waals surface area contributed by atoms with Gasteiger partial charge in [0.2, 0.25) is 0 Å². The van der Waals surface area contributed by atoms with Gasteiger partial charge in [-0.05, 0) is 42.7 Å². The number of benzene rings is 1. The van der Waals surface area contributed by atoms with Crippen molar-refractivity contribution in [1.29, 1.82) is 0 Å². The molecular formula is C23H37IN4O. The Hall–Kier alpha value is -0.860. The molecule has 0 amide bonds. The highest BCUT2D eigenvalue weighted by atomic mass is 127. The summed E-state index contributed by atoms with van der Waals surface area (Å²) in [6.07, 6.45) is 5.97. The average Bonchev–Trinajstić information content (AvgIpc) is 3.13. The quantitative estimate of drug-likeness (QED) is 0.380. The van der Waals surface area contributed by atoms with E-state index in [9.17, 15) is 0 Å². The third-order valence-electron chi connectivity index (χ3n) is 6.66. The fourth-order valence-electron chi connectivity index (χ4n) is 5.22. The van der Waals surface area contributed by atoms with Crippen LogP contribution in [0, 0.1) is 11.8 Å². The summed E-state index contributed by atoms with van der Waals surface area (Å²) < 4.78 is 5.66. The van der Waals surface area contributed by atoms with Crippen molar-refractivity contribution in [1.82, 2.24) is 15.1 Å². The summed E-state index contributed by atoms with van der Waals surface area (Å²) in [5, 5.41) is 3.62. The molecule has 29 heavy (non-hydrogen) atoms. The van der Waals surface area contributed by atoms with Gasteiger partial charge in [0.15, 0.2) is 5.96 Å². The number of nitrogens with one attached hydrogen (secondary N) is 1. The van der Waals surface area contributed by atoms with Crippen LogP contribution in [0.1, 0.15) is 43.7 Å². The zero-order valence-corrected chi connectivity index (χ0v) is 20.3. The Balaban J connectivity index is 0.00000240. The molecule has 1 saturated carbocycles. The van der Waals surface area contributed by atoms with E-state index in [0.717, 1.165) is 50.6 Å². The number of hydrogen-bond acceptors (Lipinski definition) is 3. The standard InChI is InChI=1S/C23H36N4O.HI/c1-18-14-26(10-11-28-18)15-20-7-5-6-19(12-20)13-25-23(24-2)27-16-21-8-3-4-9-22(21)17-27;/h5-7,12,18,21-22H,3-4,8-11,13-17H2,1-2H3,(H,24,25);1H. The normalized spacial score (nSPS) is 28.0. The molecule has 3 aliphatic rings. The number of halogens is 1. The van der Waals surface area contributed by atoms with Crippen LogP contribution in [-0.2, 0) is 17.8 Å². The number of aliphatic imine (C=N–C) groups is 1. The summed E-state index contributed by atoms with van der Waals surface area (Å²) in [4.78, 5) is 9.55. The molecule has 2 saturated heterocycles. The lowest BCUT2D eigenvalue weighted by Gasteiger charge is -2.31. The number of ether oxygens (including phenoxy) is 1. The van der Waals surface area contributed by atoms with Crippen LogP contribution in [0.5, 0.6) is 0 Å². The van der Waals surface area contributed by atoms with Crippen LogP contribution in [0.2, 0.25) is 0 Å². The Morgan fingerprint density at radius 2 is 1.86 bits per heavy atom. The summed E-state index contributed by atoms with van der Waals surface area (Å²) >= 11 is 0. The molecule has 0 aromatic heterocycles. The van der Waals surface area contributed by atoms with Crippen LogP contribution in [0.3, 0.4) is 0 Å². The predicted molar refractivity (Wildman–Crippen MR) is 130 cm³/mol. The molecule has 162 valence electrons. The Labute approximate surface area is 193 Å². The molecule has 2 aliphatic heterocycles. The molecule has 4 rings (SSSR count). The smallest absolute Gasteiger partial charge is 0.193 e. The molecule has 6 heteroatoms. The molecule has 5 nitrogen and oxygen atoms in total. The monoisotopic (exact) mass is 512 g/mol. The molecule has 0 bridgehead atoms. The fraction of sp³-hybridized carbons (Fsp3) is 0.696. The minimum Gasteiger partial charge on any atom is -0.376 e. The second-order valence-corrected chi connectivity index (χ2v) is 8.85. The van der Waals surface area contributed by atoms with Gasteiger partial charge in [-0.1, -0.05) is 37.1 Å². The van der Waals surface area contributed by atoms with Gasteiger partial charge in [-0.3, -0.25) is 9.89 Å². The Kier molecular flexibility index (Phi) is 8.62. The van der Waals surface area contributed by atoms with Crippen molar-refractivity contribution >= 4 is 29.9 Å². The Morgan fingerprint density at radius 3 is 2.55 bits per heavy atom. The van der Waals surface area contributed by atoms with E-state index in [4.69, 9.17) is 4.74 Å². The molecule has 1 aliphatic carbocycles. The summed E-state index contributed by atoms with van der Waals surface area (Å²) in [5.41, 5.74) is 2.71. The molecule has 1 aromatic carbocycles. The molecule has 1 aromatic rings. The van der Waals surface area contributed by atoms with Crippen molar-refractivity contribution in [3.8, 4) is 0 Å². The van der Waals surface area contributed by atoms with E-state index in [1.165, 1.54) is 49.9 Å². The summed E-state index contributed by atoms with van der Waals surface area (Å²) in [6, 6.07) is 8.98. The number of rotatable bonds is 4. The van der Waals surface area contributed by atoms with Gasteiger partial charge in [0.05, 0.1) is 12.7 Å². The maximum absolute atomic E-state index is 5.66. The average molecular weight is 512 g/mol. The van der Waals surface area contributed by atoms with Crippen molar-refractivity contribution in [3.05, 3.63) is 35.4 Å². The van der Waals surface area contributed by atoms with Crippen molar-refractivity contribution in [2.75, 3.05) is 39.8 Å². The SMILES string of the molecule is CN=C(NCc1cccc(CN2CCOC(C)C2)c1)N1CC2CCCCC2C1.I. The third kappa shape index (κ3) is 6.07. The lowest BCUT2D eigenvalue weighted by Crippen LogP contribution is -2.40. The van der Waals surface area contributed by atoms with E-state index in [2.05, 4.69) is 51.3 Å². The molecule has 0 radical (unpaired) electrons. The molecule has 1 N–H and O–H groups in total. The number of morpholine rings is 1. The van der Waals surface area contributed by atoms with Crippen LogP contribution in [0.25, 0.3) is 0 Å². The van der Waals surface area contributed by atoms with Crippen molar-refractivity contribution in [2.45, 2.75) is 51.8 Å². The van der Waals surface area contributed by atoms with E-state index < -0.39 is 0 Å². The fourth-order valence-corrected chi connectivity index (χ4v) is 5.22. The van der Waals surface area contributed by atoms with Crippen LogP contribution < -0.4 is 5.32 Å². The highest BCUT2D eigenvalue weighted by Gasteiger charge is 2.35. The highest BCUT2D eigenvalue weighted by Crippen LogP contribution is 2.35. The van der Waals surface area contributed by atoms with E-state index in [-0.39, 0.29) is 24.0 Å². The van der Waals surface area contributed by atoms with Crippen LogP contribution in [-0.4, -0.2) is 61.7 Å². The topological polar surface area (TPSA) is 40.1 Å². The minimum atomic E-state index is 0. The molecular weight excluding hydrogens is 475 g/mol. The maximum atomic E-state index is 5.66. The van der Waals surface area contributed by atoms with E-state index in [0.29, 0.717) is 6.10 Å². The van der Waals surface area contributed by atoms with Crippen molar-refractivity contribution in [3.63, 3.8) is 0 Å². The van der Waals surface area contributed by atoms with E-state index >= 15 is 0 Å². The zero-order valence-electron chi connectivity index (χ0n) is 18.0. The number of hydrogen-bond donors (Lipinski definition) is 1. The lowest BCUT2D eigenvalue weighted by atomic mass is 9.82. The second kappa shape index (κ2) is 11.0. The highest BCUT2D eigenvalue weighted by molar-refractivity contribution is 14.0. The number of nitrogens with zero attached hydrogens (tertiary/aromatic N) is 3. The zero-order chi connectivity index (χ0) is 19.3. The van der Waals surface area contributed by atoms with Gasteiger partial charge >= 0.3 is 0 Å². The number of likely N-dealkylation sites (tertiary alicyclic amines) is 1. The first-order chi connectivity index (χ1) is 13.7. The summed E-state index contributed by atoms with van der Waals surface area (Å²) in [7, 11) is 1.92. The van der Waals surface area contributed by atoms with Gasteiger partial charge in [0.1, 0.15) is 0 Å². The molecule has 3 atom stereocenters. The third-order valence-corrected chi connectivity index (χ3v) is 6.66. The van der Waals surface area contributed by atoms with Crippen LogP contribution in [0.4, 0.5) is 0 Å². The first kappa shape index (κ1) is 22.8. The first-order valence-corrected chi connectivity index (χ1v) is 11.1. The van der Waals surface area contributed by atoms with E-state index in [1.807, 2.05) is 7.05 Å². The molecule has 2 heterocycles. The van der Waals surface area contributed by atoms with Gasteiger partial charge < -0.3 is 15.0 Å². The summed E-state index contributed by atoms with van der Waals surface area (Å²) in [5.74, 6) is 2.83. The van der Waals surface area contributed by atoms with Crippen LogP contribution >= 0.6 is 24.0 Å². The predicted octanol–water partition coefficient (Wildman–Crippen LogP) is 3.72. The molecule has 0 spiro atoms. The van der Waals surface area contributed by atoms with Crippen LogP contribution in [0.15, 0.2) is 29.3 Å². The van der Waals surface area contributed by atoms with E-state index in [1.54, 1.807) is 0 Å². The van der Waals surface area contributed by atoms with Gasteiger partial charge in [0.25, 0.3) is 0 Å². The van der Waals surface area contributed by atoms with Gasteiger partial charge in [-0.2, -0.15) is 0 Å². The largest absolute Gasteiger partial charge is 0.376 e. The number of guanidine groups is 1. The lowest BCUT2D eigenvalue weighted by molar-refractivity contribution is -0.0212. The molecule has 3 fully saturated rings. The van der Waals surface area contributed by atoms with Gasteiger partial charge in [0, 0.05) is 46.3 Å². The van der Waals surface area contributed by atoms with Gasteiger partial charge in [-0.25, -0.2) is 0 Å². The van der Waals surface area contributed by atoms with Gasteiger partial charge in [-0.15, -0.1) is 24.0 Å². The first-order valence-electron chi connectivity index (χ1n) is 11.1. The minimum absolute atomic E-state index is 0. The summed E-state index contributed by atoms with van der Waals surface area (Å²) in [6.45, 7) is 9.25. The maximum Gasteiger partial charge on any atom is 0.193 e. The molecule has 3 unspecified atom stereocenters. The van der Waals surface area contributed by atoms with Crippen molar-refractivity contribution in [2.24, 2.45) is 16.8 Å². The Bertz CT molecular complexity index is 669. The van der Waals surface area contributed by atoms with Crippen molar-refractivity contribution < 1.29 is 4.74 Å². The second-order valence-electron chi connectivity index (χ2n) is 8.85.